The number of carbonyl (C=O) groups is 2. The monoisotopic (exact) mass is 441 g/mol. The molecule has 1 N–H and O–H groups in total. The molecular weight excluding hydrogens is 410 g/mol. The van der Waals surface area contributed by atoms with Crippen LogP contribution in [0.3, 0.4) is 0 Å². The maximum atomic E-state index is 13.0. The van der Waals surface area contributed by atoms with Gasteiger partial charge in [0.25, 0.3) is 5.91 Å². The minimum atomic E-state index is -0.147. The third-order valence-corrected chi connectivity index (χ3v) is 7.15. The van der Waals surface area contributed by atoms with Crippen LogP contribution < -0.4 is 5.32 Å². The standard InChI is InChI=1S/C25H32ClN3O2/c1-17-8-9-18(2)29(17)21-10-11-23(26)22(16-21)24(30)27-20-12-14-28(15-13-20)25(31)19-6-4-3-5-7-19/h8-11,16,19-20H,3-7,12-15H2,1-2H3,(H,27,30). The fourth-order valence-electron chi connectivity index (χ4n) is 5.02. The van der Waals surface area contributed by atoms with Crippen LogP contribution in [0.2, 0.25) is 5.02 Å². The summed E-state index contributed by atoms with van der Waals surface area (Å²) in [5.41, 5.74) is 3.65. The van der Waals surface area contributed by atoms with Crippen molar-refractivity contribution in [3.8, 4) is 5.69 Å². The van der Waals surface area contributed by atoms with Crippen LogP contribution in [0.1, 0.15) is 66.7 Å². The molecule has 0 bridgehead atoms. The maximum Gasteiger partial charge on any atom is 0.253 e. The third-order valence-electron chi connectivity index (χ3n) is 6.82. The van der Waals surface area contributed by atoms with Crippen LogP contribution in [0.5, 0.6) is 0 Å². The summed E-state index contributed by atoms with van der Waals surface area (Å²) in [6, 6.07) is 9.78. The molecule has 1 aromatic carbocycles. The fourth-order valence-corrected chi connectivity index (χ4v) is 5.22. The zero-order valence-corrected chi connectivity index (χ0v) is 19.3. The summed E-state index contributed by atoms with van der Waals surface area (Å²) >= 11 is 6.38. The number of benzene rings is 1. The molecule has 6 heteroatoms. The predicted molar refractivity (Wildman–Crippen MR) is 124 cm³/mol. The molecule has 5 nitrogen and oxygen atoms in total. The molecule has 1 saturated heterocycles. The fraction of sp³-hybridized carbons (Fsp3) is 0.520. The number of likely N-dealkylation sites (tertiary alicyclic amines) is 1. The molecule has 2 amide bonds. The molecule has 0 radical (unpaired) electrons. The molecule has 1 aromatic heterocycles. The number of rotatable bonds is 4. The molecular formula is C25H32ClN3O2. The van der Waals surface area contributed by atoms with Crippen LogP contribution in [0.4, 0.5) is 0 Å². The Morgan fingerprint density at radius 1 is 0.935 bits per heavy atom. The van der Waals surface area contributed by atoms with E-state index in [4.69, 9.17) is 11.6 Å². The van der Waals surface area contributed by atoms with Gasteiger partial charge in [-0.3, -0.25) is 9.59 Å². The Morgan fingerprint density at radius 3 is 2.23 bits per heavy atom. The van der Waals surface area contributed by atoms with Crippen molar-refractivity contribution in [1.29, 1.82) is 0 Å². The first-order valence-corrected chi connectivity index (χ1v) is 11.9. The summed E-state index contributed by atoms with van der Waals surface area (Å²) in [6.45, 7) is 5.53. The molecule has 0 atom stereocenters. The summed E-state index contributed by atoms with van der Waals surface area (Å²) in [5.74, 6) is 0.381. The average molecular weight is 442 g/mol. The van der Waals surface area contributed by atoms with Crippen molar-refractivity contribution in [3.63, 3.8) is 0 Å². The number of aryl methyl sites for hydroxylation is 2. The third kappa shape index (κ3) is 4.82. The Bertz CT molecular complexity index is 934. The van der Waals surface area contributed by atoms with Crippen molar-refractivity contribution < 1.29 is 9.59 Å². The van der Waals surface area contributed by atoms with Gasteiger partial charge in [-0.2, -0.15) is 0 Å². The lowest BCUT2D eigenvalue weighted by molar-refractivity contribution is -0.137. The van der Waals surface area contributed by atoms with Crippen LogP contribution in [0.15, 0.2) is 30.3 Å². The van der Waals surface area contributed by atoms with Crippen molar-refractivity contribution in [1.82, 2.24) is 14.8 Å². The molecule has 0 unspecified atom stereocenters. The highest BCUT2D eigenvalue weighted by Gasteiger charge is 2.30. The number of carbonyl (C=O) groups excluding carboxylic acids is 2. The van der Waals surface area contributed by atoms with E-state index in [1.807, 2.05) is 30.9 Å². The topological polar surface area (TPSA) is 54.3 Å². The Morgan fingerprint density at radius 2 is 1.58 bits per heavy atom. The van der Waals surface area contributed by atoms with Crippen LogP contribution in [0, 0.1) is 19.8 Å². The van der Waals surface area contributed by atoms with Gasteiger partial charge < -0.3 is 14.8 Å². The number of piperidine rings is 1. The van der Waals surface area contributed by atoms with Crippen molar-refractivity contribution in [3.05, 3.63) is 52.3 Å². The molecule has 1 saturated carbocycles. The van der Waals surface area contributed by atoms with E-state index in [9.17, 15) is 9.59 Å². The lowest BCUT2D eigenvalue weighted by Crippen LogP contribution is -2.48. The van der Waals surface area contributed by atoms with Gasteiger partial charge in [0, 0.05) is 42.1 Å². The molecule has 31 heavy (non-hydrogen) atoms. The van der Waals surface area contributed by atoms with Crippen molar-refractivity contribution in [2.24, 2.45) is 5.92 Å². The molecule has 166 valence electrons. The lowest BCUT2D eigenvalue weighted by atomic mass is 9.87. The normalized spacial score (nSPS) is 18.2. The summed E-state index contributed by atoms with van der Waals surface area (Å²) in [4.78, 5) is 27.8. The van der Waals surface area contributed by atoms with Gasteiger partial charge in [0.05, 0.1) is 10.6 Å². The molecule has 1 aliphatic heterocycles. The molecule has 1 aliphatic carbocycles. The number of hydrogen-bond donors (Lipinski definition) is 1. The number of amides is 2. The van der Waals surface area contributed by atoms with Crippen molar-refractivity contribution in [2.45, 2.75) is 64.8 Å². The Hall–Kier alpha value is -2.27. The highest BCUT2D eigenvalue weighted by Crippen LogP contribution is 2.27. The highest BCUT2D eigenvalue weighted by atomic mass is 35.5. The SMILES string of the molecule is Cc1ccc(C)n1-c1ccc(Cl)c(C(=O)NC2CCN(C(=O)C3CCCCC3)CC2)c1. The van der Waals surface area contributed by atoms with Gasteiger partial charge in [-0.1, -0.05) is 30.9 Å². The molecule has 4 rings (SSSR count). The maximum absolute atomic E-state index is 13.0. The zero-order chi connectivity index (χ0) is 22.0. The Balaban J connectivity index is 1.38. The predicted octanol–water partition coefficient (Wildman–Crippen LogP) is 5.05. The minimum absolute atomic E-state index is 0.0673. The quantitative estimate of drug-likeness (QED) is 0.721. The van der Waals surface area contributed by atoms with Crippen LogP contribution in [-0.4, -0.2) is 40.4 Å². The first kappa shape index (κ1) is 21.9. The van der Waals surface area contributed by atoms with Gasteiger partial charge in [0.15, 0.2) is 0 Å². The van der Waals surface area contributed by atoms with Gasteiger partial charge in [-0.05, 0) is 69.9 Å². The zero-order valence-electron chi connectivity index (χ0n) is 18.5. The van der Waals surface area contributed by atoms with Gasteiger partial charge >= 0.3 is 0 Å². The van der Waals surface area contributed by atoms with E-state index in [1.165, 1.54) is 19.3 Å². The summed E-state index contributed by atoms with van der Waals surface area (Å²) < 4.78 is 2.11. The van der Waals surface area contributed by atoms with E-state index < -0.39 is 0 Å². The van der Waals surface area contributed by atoms with E-state index in [1.54, 1.807) is 6.07 Å². The van der Waals surface area contributed by atoms with E-state index >= 15 is 0 Å². The smallest absolute Gasteiger partial charge is 0.253 e. The van der Waals surface area contributed by atoms with E-state index in [-0.39, 0.29) is 17.9 Å². The molecule has 2 aromatic rings. The van der Waals surface area contributed by atoms with Gasteiger partial charge in [0.2, 0.25) is 5.91 Å². The number of aromatic nitrogens is 1. The first-order chi connectivity index (χ1) is 14.9. The summed E-state index contributed by atoms with van der Waals surface area (Å²) in [7, 11) is 0. The second-order valence-electron chi connectivity index (χ2n) is 9.02. The average Bonchev–Trinajstić information content (AvgIpc) is 3.12. The second kappa shape index (κ2) is 9.47. The summed E-state index contributed by atoms with van der Waals surface area (Å²) in [5, 5.41) is 3.60. The van der Waals surface area contributed by atoms with Crippen LogP contribution in [-0.2, 0) is 4.79 Å². The minimum Gasteiger partial charge on any atom is -0.349 e. The Kier molecular flexibility index (Phi) is 6.71. The van der Waals surface area contributed by atoms with Gasteiger partial charge in [-0.15, -0.1) is 0 Å². The van der Waals surface area contributed by atoms with Crippen LogP contribution in [0.25, 0.3) is 5.69 Å². The number of nitrogens with zero attached hydrogens (tertiary/aromatic N) is 2. The summed E-state index contributed by atoms with van der Waals surface area (Å²) in [6.07, 6.45) is 7.24. The molecule has 2 aliphatic rings. The number of nitrogens with one attached hydrogen (secondary N) is 1. The lowest BCUT2D eigenvalue weighted by Gasteiger charge is -2.35. The first-order valence-electron chi connectivity index (χ1n) is 11.5. The molecule has 2 fully saturated rings. The van der Waals surface area contributed by atoms with Crippen molar-refractivity contribution in [2.75, 3.05) is 13.1 Å². The van der Waals surface area contributed by atoms with Crippen molar-refractivity contribution >= 4 is 23.4 Å². The van der Waals surface area contributed by atoms with Gasteiger partial charge in [-0.25, -0.2) is 0 Å². The molecule has 0 spiro atoms. The van der Waals surface area contributed by atoms with E-state index in [0.717, 1.165) is 55.8 Å². The number of halogens is 1. The van der Waals surface area contributed by atoms with Gasteiger partial charge in [0.1, 0.15) is 0 Å². The second-order valence-corrected chi connectivity index (χ2v) is 9.43. The highest BCUT2D eigenvalue weighted by molar-refractivity contribution is 6.33. The van der Waals surface area contributed by atoms with E-state index in [2.05, 4.69) is 22.0 Å². The number of hydrogen-bond acceptors (Lipinski definition) is 2. The Labute approximate surface area is 189 Å². The molecule has 2 heterocycles. The van der Waals surface area contributed by atoms with Crippen LogP contribution >= 0.6 is 11.6 Å². The largest absolute Gasteiger partial charge is 0.349 e. The van der Waals surface area contributed by atoms with E-state index in [0.29, 0.717) is 16.5 Å².